The largest absolute Gasteiger partial charge is 0.368 e. The van der Waals surface area contributed by atoms with Crippen LogP contribution in [0, 0.1) is 20.7 Å². The predicted molar refractivity (Wildman–Crippen MR) is 105 cm³/mol. The van der Waals surface area contributed by atoms with E-state index in [2.05, 4.69) is 14.9 Å². The van der Waals surface area contributed by atoms with Crippen molar-refractivity contribution in [2.75, 3.05) is 31.1 Å². The summed E-state index contributed by atoms with van der Waals surface area (Å²) in [4.78, 5) is 32.7. The second-order valence-electron chi connectivity index (χ2n) is 6.51. The van der Waals surface area contributed by atoms with Crippen LogP contribution >= 0.6 is 12.2 Å². The Kier molecular flexibility index (Phi) is 4.55. The minimum atomic E-state index is -0.509. The molecule has 4 rings (SSSR count). The average molecular weight is 401 g/mol. The molecule has 144 valence electrons. The van der Waals surface area contributed by atoms with Crippen LogP contribution in [0.25, 0.3) is 11.0 Å². The number of hydrogen-bond donors (Lipinski definition) is 2. The summed E-state index contributed by atoms with van der Waals surface area (Å²) in [6.45, 7) is 2.06. The first kappa shape index (κ1) is 18.1. The van der Waals surface area contributed by atoms with Crippen molar-refractivity contribution in [2.24, 2.45) is 0 Å². The van der Waals surface area contributed by atoms with Crippen LogP contribution in [0.5, 0.6) is 0 Å². The molecule has 0 spiro atoms. The van der Waals surface area contributed by atoms with Gasteiger partial charge in [0.15, 0.2) is 4.77 Å². The molecule has 10 heteroatoms. The van der Waals surface area contributed by atoms with Crippen molar-refractivity contribution >= 4 is 40.5 Å². The Bertz CT molecular complexity index is 1120. The minimum Gasteiger partial charge on any atom is -0.368 e. The number of amides is 1. The van der Waals surface area contributed by atoms with E-state index in [1.54, 1.807) is 17.0 Å². The van der Waals surface area contributed by atoms with Gasteiger partial charge >= 0.3 is 0 Å². The number of piperazine rings is 1. The van der Waals surface area contributed by atoms with E-state index in [4.69, 9.17) is 12.2 Å². The predicted octanol–water partition coefficient (Wildman–Crippen LogP) is 3.24. The van der Waals surface area contributed by atoms with Crippen LogP contribution in [0.4, 0.5) is 15.8 Å². The van der Waals surface area contributed by atoms with Gasteiger partial charge in [-0.05, 0) is 36.5 Å². The highest BCUT2D eigenvalue weighted by Crippen LogP contribution is 2.23. The number of imidazole rings is 1. The SMILES string of the molecule is O=C(c1cc(F)cc2[nH]c(=S)[nH]c12)N1CCN(c2ccc([N+](=O)[O-])cc2)CC1. The fraction of sp³-hybridized carbons (Fsp3) is 0.222. The van der Waals surface area contributed by atoms with E-state index >= 15 is 0 Å². The van der Waals surface area contributed by atoms with Crippen LogP contribution in [0.3, 0.4) is 0 Å². The smallest absolute Gasteiger partial charge is 0.269 e. The molecule has 2 N–H and O–H groups in total. The van der Waals surface area contributed by atoms with Crippen LogP contribution in [-0.4, -0.2) is 51.9 Å². The summed E-state index contributed by atoms with van der Waals surface area (Å²) in [5.74, 6) is -0.774. The number of aromatic nitrogens is 2. The summed E-state index contributed by atoms with van der Waals surface area (Å²) in [5.41, 5.74) is 2.09. The summed E-state index contributed by atoms with van der Waals surface area (Å²) in [6.07, 6.45) is 0. The zero-order valence-electron chi connectivity index (χ0n) is 14.6. The highest BCUT2D eigenvalue weighted by atomic mass is 32.1. The molecule has 8 nitrogen and oxygen atoms in total. The lowest BCUT2D eigenvalue weighted by Crippen LogP contribution is -2.48. The van der Waals surface area contributed by atoms with E-state index < -0.39 is 10.7 Å². The van der Waals surface area contributed by atoms with Gasteiger partial charge in [-0.3, -0.25) is 14.9 Å². The monoisotopic (exact) mass is 401 g/mol. The van der Waals surface area contributed by atoms with Gasteiger partial charge in [-0.15, -0.1) is 0 Å². The Morgan fingerprint density at radius 1 is 1.11 bits per heavy atom. The first-order valence-electron chi connectivity index (χ1n) is 8.62. The topological polar surface area (TPSA) is 98.3 Å². The molecule has 1 aromatic heterocycles. The van der Waals surface area contributed by atoms with Crippen molar-refractivity contribution in [2.45, 2.75) is 0 Å². The molecule has 2 aromatic carbocycles. The number of halogens is 1. The third-order valence-corrected chi connectivity index (χ3v) is 5.02. The van der Waals surface area contributed by atoms with Crippen molar-refractivity contribution < 1.29 is 14.1 Å². The molecule has 1 aliphatic heterocycles. The van der Waals surface area contributed by atoms with Crippen LogP contribution in [0.1, 0.15) is 10.4 Å². The summed E-state index contributed by atoms with van der Waals surface area (Å²) >= 11 is 5.05. The zero-order valence-corrected chi connectivity index (χ0v) is 15.5. The summed E-state index contributed by atoms with van der Waals surface area (Å²) in [6, 6.07) is 8.84. The van der Waals surface area contributed by atoms with Crippen LogP contribution in [0.15, 0.2) is 36.4 Å². The molecule has 1 saturated heterocycles. The number of nitro groups is 1. The molecule has 0 unspecified atom stereocenters. The first-order chi connectivity index (χ1) is 13.4. The third kappa shape index (κ3) is 3.33. The fourth-order valence-electron chi connectivity index (χ4n) is 3.40. The number of nitro benzene ring substituents is 1. The highest BCUT2D eigenvalue weighted by Gasteiger charge is 2.25. The minimum absolute atomic E-state index is 0.0385. The molecule has 0 radical (unpaired) electrons. The number of rotatable bonds is 3. The number of carbonyl (C=O) groups excluding carboxylic acids is 1. The third-order valence-electron chi connectivity index (χ3n) is 4.81. The maximum Gasteiger partial charge on any atom is 0.269 e. The van der Waals surface area contributed by atoms with Crippen molar-refractivity contribution in [3.8, 4) is 0 Å². The molecule has 1 fully saturated rings. The van der Waals surface area contributed by atoms with Gasteiger partial charge < -0.3 is 19.8 Å². The van der Waals surface area contributed by atoms with Gasteiger partial charge in [-0.25, -0.2) is 4.39 Å². The van der Waals surface area contributed by atoms with E-state index in [0.717, 1.165) is 5.69 Å². The number of H-pyrrole nitrogens is 2. The Morgan fingerprint density at radius 3 is 2.43 bits per heavy atom. The molecule has 0 atom stereocenters. The number of aromatic amines is 2. The standard InChI is InChI=1S/C18H16FN5O3S/c19-11-9-14(16-15(10-11)20-18(28)21-16)17(25)23-7-5-22(6-8-23)12-1-3-13(4-2-12)24(26)27/h1-4,9-10H,5-8H2,(H2,20,21,28). The lowest BCUT2D eigenvalue weighted by molar-refractivity contribution is -0.384. The van der Waals surface area contributed by atoms with E-state index in [1.165, 1.54) is 24.3 Å². The van der Waals surface area contributed by atoms with Gasteiger partial charge in [0.1, 0.15) is 5.82 Å². The molecule has 0 bridgehead atoms. The number of anilines is 1. The zero-order chi connectivity index (χ0) is 19.8. The Labute approximate surface area is 163 Å². The van der Waals surface area contributed by atoms with Gasteiger partial charge in [0.05, 0.1) is 21.5 Å². The number of non-ortho nitro benzene ring substituents is 1. The number of nitrogens with zero attached hydrogens (tertiary/aromatic N) is 3. The molecule has 1 aliphatic rings. The molecule has 0 saturated carbocycles. The highest BCUT2D eigenvalue weighted by molar-refractivity contribution is 7.71. The quantitative estimate of drug-likeness (QED) is 0.399. The molecule has 1 amide bonds. The Balaban J connectivity index is 1.50. The number of nitrogens with one attached hydrogen (secondary N) is 2. The van der Waals surface area contributed by atoms with Gasteiger partial charge in [0.2, 0.25) is 0 Å². The lowest BCUT2D eigenvalue weighted by Gasteiger charge is -2.36. The number of hydrogen-bond acceptors (Lipinski definition) is 5. The Morgan fingerprint density at radius 2 is 1.79 bits per heavy atom. The number of benzene rings is 2. The first-order valence-corrected chi connectivity index (χ1v) is 9.03. The molecule has 3 aromatic rings. The lowest BCUT2D eigenvalue weighted by atomic mass is 10.1. The average Bonchev–Trinajstić information content (AvgIpc) is 3.07. The van der Waals surface area contributed by atoms with Crippen molar-refractivity contribution in [3.05, 3.63) is 62.7 Å². The normalized spacial score (nSPS) is 14.5. The maximum absolute atomic E-state index is 13.9. The summed E-state index contributed by atoms with van der Waals surface area (Å²) < 4.78 is 14.2. The van der Waals surface area contributed by atoms with Gasteiger partial charge in [0, 0.05) is 44.0 Å². The second-order valence-corrected chi connectivity index (χ2v) is 6.92. The van der Waals surface area contributed by atoms with Gasteiger partial charge in [-0.1, -0.05) is 0 Å². The molecule has 2 heterocycles. The Hall–Kier alpha value is -3.27. The molecule has 0 aliphatic carbocycles. The van der Waals surface area contributed by atoms with E-state index in [-0.39, 0.29) is 17.2 Å². The summed E-state index contributed by atoms with van der Waals surface area (Å²) in [5, 5.41) is 10.8. The molecular weight excluding hydrogens is 385 g/mol. The van der Waals surface area contributed by atoms with Crippen LogP contribution < -0.4 is 4.90 Å². The van der Waals surface area contributed by atoms with Crippen LogP contribution in [0.2, 0.25) is 0 Å². The van der Waals surface area contributed by atoms with Crippen molar-refractivity contribution in [3.63, 3.8) is 0 Å². The molecular formula is C18H16FN5O3S. The van der Waals surface area contributed by atoms with Crippen molar-refractivity contribution in [1.82, 2.24) is 14.9 Å². The van der Waals surface area contributed by atoms with Crippen LogP contribution in [-0.2, 0) is 0 Å². The fourth-order valence-corrected chi connectivity index (χ4v) is 3.61. The van der Waals surface area contributed by atoms with E-state index in [9.17, 15) is 19.3 Å². The number of carbonyl (C=O) groups is 1. The van der Waals surface area contributed by atoms with Gasteiger partial charge in [0.25, 0.3) is 11.6 Å². The second kappa shape index (κ2) is 7.04. The summed E-state index contributed by atoms with van der Waals surface area (Å²) in [7, 11) is 0. The van der Waals surface area contributed by atoms with E-state index in [0.29, 0.717) is 42.0 Å². The maximum atomic E-state index is 13.9. The van der Waals surface area contributed by atoms with E-state index in [1.807, 2.05) is 0 Å². The van der Waals surface area contributed by atoms with Crippen molar-refractivity contribution in [1.29, 1.82) is 0 Å². The van der Waals surface area contributed by atoms with Gasteiger partial charge in [-0.2, -0.15) is 0 Å². The number of fused-ring (bicyclic) bond motifs is 1. The molecule has 28 heavy (non-hydrogen) atoms.